The SMILES string of the molecule is C[C@H]1CC[C@H]2CCCNC21. The molecule has 0 aromatic heterocycles. The summed E-state index contributed by atoms with van der Waals surface area (Å²) in [5.41, 5.74) is 0. The number of nitrogens with one attached hydrogen (secondary N) is 1. The van der Waals surface area contributed by atoms with E-state index in [1.165, 1.54) is 32.2 Å². The van der Waals surface area contributed by atoms with Crippen LogP contribution in [0.15, 0.2) is 0 Å². The largest absolute Gasteiger partial charge is 0.313 e. The lowest BCUT2D eigenvalue weighted by Crippen LogP contribution is -2.41. The molecule has 10 heavy (non-hydrogen) atoms. The zero-order chi connectivity index (χ0) is 6.97. The molecule has 1 saturated carbocycles. The minimum Gasteiger partial charge on any atom is -0.313 e. The fourth-order valence-corrected chi connectivity index (χ4v) is 2.63. The zero-order valence-electron chi connectivity index (χ0n) is 6.77. The summed E-state index contributed by atoms with van der Waals surface area (Å²) in [7, 11) is 0. The lowest BCUT2D eigenvalue weighted by Gasteiger charge is -2.29. The van der Waals surface area contributed by atoms with Crippen molar-refractivity contribution in [2.45, 2.75) is 38.6 Å². The molecule has 0 spiro atoms. The molecule has 3 atom stereocenters. The van der Waals surface area contributed by atoms with Crippen molar-refractivity contribution in [3.63, 3.8) is 0 Å². The average molecular weight is 139 g/mol. The van der Waals surface area contributed by atoms with Gasteiger partial charge in [0, 0.05) is 6.04 Å². The van der Waals surface area contributed by atoms with Crippen LogP contribution in [0.1, 0.15) is 32.6 Å². The van der Waals surface area contributed by atoms with Crippen LogP contribution in [0.5, 0.6) is 0 Å². The number of rotatable bonds is 0. The van der Waals surface area contributed by atoms with E-state index in [0.717, 1.165) is 17.9 Å². The van der Waals surface area contributed by atoms with Gasteiger partial charge in [0.1, 0.15) is 0 Å². The summed E-state index contributed by atoms with van der Waals surface area (Å²) in [6.07, 6.45) is 5.84. The first-order valence-electron chi connectivity index (χ1n) is 4.61. The molecule has 2 aliphatic rings. The first-order valence-corrected chi connectivity index (χ1v) is 4.61. The first kappa shape index (κ1) is 6.66. The smallest absolute Gasteiger partial charge is 0.0121 e. The third-order valence-corrected chi connectivity index (χ3v) is 3.25. The zero-order valence-corrected chi connectivity index (χ0v) is 6.77. The van der Waals surface area contributed by atoms with Gasteiger partial charge in [0.25, 0.3) is 0 Å². The Morgan fingerprint density at radius 3 is 2.90 bits per heavy atom. The minimum atomic E-state index is 0.883. The molecule has 0 bridgehead atoms. The fourth-order valence-electron chi connectivity index (χ4n) is 2.63. The summed E-state index contributed by atoms with van der Waals surface area (Å²) in [6, 6.07) is 0.883. The molecular formula is C9H17N. The van der Waals surface area contributed by atoms with E-state index >= 15 is 0 Å². The van der Waals surface area contributed by atoms with Crippen LogP contribution in [0, 0.1) is 11.8 Å². The van der Waals surface area contributed by atoms with Crippen LogP contribution in [-0.4, -0.2) is 12.6 Å². The standard InChI is InChI=1S/C9H17N/c1-7-4-5-8-3-2-6-10-9(7)8/h7-10H,2-6H2,1H3/t7-,8+,9?/m0/s1. The second kappa shape index (κ2) is 2.54. The normalized spacial score (nSPS) is 47.1. The van der Waals surface area contributed by atoms with Crippen LogP contribution in [-0.2, 0) is 0 Å². The average Bonchev–Trinajstić information content (AvgIpc) is 2.34. The van der Waals surface area contributed by atoms with Gasteiger partial charge in [0.2, 0.25) is 0 Å². The van der Waals surface area contributed by atoms with E-state index in [4.69, 9.17) is 0 Å². The molecule has 1 aliphatic heterocycles. The monoisotopic (exact) mass is 139 g/mol. The van der Waals surface area contributed by atoms with Crippen molar-refractivity contribution in [1.82, 2.24) is 5.32 Å². The van der Waals surface area contributed by atoms with E-state index in [9.17, 15) is 0 Å². The molecule has 1 unspecified atom stereocenters. The molecule has 0 aromatic rings. The molecular weight excluding hydrogens is 122 g/mol. The van der Waals surface area contributed by atoms with Crippen molar-refractivity contribution in [1.29, 1.82) is 0 Å². The van der Waals surface area contributed by atoms with Crippen molar-refractivity contribution in [2.24, 2.45) is 11.8 Å². The Morgan fingerprint density at radius 2 is 2.10 bits per heavy atom. The Hall–Kier alpha value is -0.0400. The first-order chi connectivity index (χ1) is 4.88. The Kier molecular flexibility index (Phi) is 1.69. The maximum Gasteiger partial charge on any atom is 0.0121 e. The van der Waals surface area contributed by atoms with Gasteiger partial charge in [0.05, 0.1) is 0 Å². The van der Waals surface area contributed by atoms with Gasteiger partial charge in [-0.05, 0) is 44.1 Å². The highest BCUT2D eigenvalue weighted by Crippen LogP contribution is 2.35. The molecule has 1 aliphatic carbocycles. The molecule has 0 aromatic carbocycles. The second-order valence-electron chi connectivity index (χ2n) is 3.94. The number of piperidine rings is 1. The van der Waals surface area contributed by atoms with Gasteiger partial charge in [0.15, 0.2) is 0 Å². The number of hydrogen-bond acceptors (Lipinski definition) is 1. The summed E-state index contributed by atoms with van der Waals surface area (Å²) < 4.78 is 0. The van der Waals surface area contributed by atoms with Crippen LogP contribution < -0.4 is 5.32 Å². The molecule has 1 saturated heterocycles. The van der Waals surface area contributed by atoms with Gasteiger partial charge in [-0.1, -0.05) is 6.92 Å². The van der Waals surface area contributed by atoms with Crippen LogP contribution >= 0.6 is 0 Å². The predicted octanol–water partition coefficient (Wildman–Crippen LogP) is 1.78. The highest BCUT2D eigenvalue weighted by Gasteiger charge is 2.34. The third kappa shape index (κ3) is 0.968. The second-order valence-corrected chi connectivity index (χ2v) is 3.94. The minimum absolute atomic E-state index is 0.883. The molecule has 1 N–H and O–H groups in total. The topological polar surface area (TPSA) is 12.0 Å². The molecule has 1 nitrogen and oxygen atoms in total. The van der Waals surface area contributed by atoms with Gasteiger partial charge in [-0.3, -0.25) is 0 Å². The summed E-state index contributed by atoms with van der Waals surface area (Å²) in [6.45, 7) is 3.66. The third-order valence-electron chi connectivity index (χ3n) is 3.25. The molecule has 0 amide bonds. The predicted molar refractivity (Wildman–Crippen MR) is 42.9 cm³/mol. The van der Waals surface area contributed by atoms with E-state index in [0.29, 0.717) is 0 Å². The number of hydrogen-bond donors (Lipinski definition) is 1. The fraction of sp³-hybridized carbons (Fsp3) is 1.00. The van der Waals surface area contributed by atoms with E-state index in [1.807, 2.05) is 0 Å². The van der Waals surface area contributed by atoms with Gasteiger partial charge >= 0.3 is 0 Å². The highest BCUT2D eigenvalue weighted by molar-refractivity contribution is 4.90. The lowest BCUT2D eigenvalue weighted by atomic mass is 9.91. The van der Waals surface area contributed by atoms with Gasteiger partial charge in [-0.25, -0.2) is 0 Å². The van der Waals surface area contributed by atoms with E-state index in [2.05, 4.69) is 12.2 Å². The van der Waals surface area contributed by atoms with Crippen molar-refractivity contribution in [3.8, 4) is 0 Å². The maximum atomic E-state index is 3.63. The Balaban J connectivity index is 2.01. The van der Waals surface area contributed by atoms with Gasteiger partial charge in [-0.15, -0.1) is 0 Å². The van der Waals surface area contributed by atoms with Crippen LogP contribution in [0.25, 0.3) is 0 Å². The van der Waals surface area contributed by atoms with E-state index < -0.39 is 0 Å². The van der Waals surface area contributed by atoms with E-state index in [1.54, 1.807) is 0 Å². The van der Waals surface area contributed by atoms with Crippen LogP contribution in [0.4, 0.5) is 0 Å². The Bertz CT molecular complexity index is 120. The van der Waals surface area contributed by atoms with Crippen molar-refractivity contribution in [2.75, 3.05) is 6.54 Å². The van der Waals surface area contributed by atoms with E-state index in [-0.39, 0.29) is 0 Å². The van der Waals surface area contributed by atoms with Crippen LogP contribution in [0.2, 0.25) is 0 Å². The van der Waals surface area contributed by atoms with Gasteiger partial charge < -0.3 is 5.32 Å². The Labute approximate surface area is 63.2 Å². The van der Waals surface area contributed by atoms with Crippen LogP contribution in [0.3, 0.4) is 0 Å². The molecule has 1 heteroatoms. The molecule has 1 heterocycles. The summed E-state index contributed by atoms with van der Waals surface area (Å²) in [5, 5.41) is 3.63. The quantitative estimate of drug-likeness (QED) is 0.539. The lowest BCUT2D eigenvalue weighted by molar-refractivity contribution is 0.284. The number of fused-ring (bicyclic) bond motifs is 1. The van der Waals surface area contributed by atoms with Crippen molar-refractivity contribution >= 4 is 0 Å². The molecule has 0 radical (unpaired) electrons. The maximum absolute atomic E-state index is 3.63. The van der Waals surface area contributed by atoms with Gasteiger partial charge in [-0.2, -0.15) is 0 Å². The molecule has 58 valence electrons. The summed E-state index contributed by atoms with van der Waals surface area (Å²) >= 11 is 0. The Morgan fingerprint density at radius 1 is 1.20 bits per heavy atom. The molecule has 2 rings (SSSR count). The molecule has 2 fully saturated rings. The van der Waals surface area contributed by atoms with Crippen molar-refractivity contribution < 1.29 is 0 Å². The summed E-state index contributed by atoms with van der Waals surface area (Å²) in [4.78, 5) is 0. The highest BCUT2D eigenvalue weighted by atomic mass is 14.9. The summed E-state index contributed by atoms with van der Waals surface area (Å²) in [5.74, 6) is 1.98. The van der Waals surface area contributed by atoms with Crippen molar-refractivity contribution in [3.05, 3.63) is 0 Å².